The second-order valence-corrected chi connectivity index (χ2v) is 0.575. The van der Waals surface area contributed by atoms with E-state index in [-0.39, 0.29) is 40.5 Å². The average molecular weight is 139 g/mol. The van der Waals surface area contributed by atoms with Crippen molar-refractivity contribution in [3.05, 3.63) is 0 Å². The predicted molar refractivity (Wildman–Crippen MR) is 15.8 cm³/mol. The number of hydrogen-bond donors (Lipinski definition) is 0. The summed E-state index contributed by atoms with van der Waals surface area (Å²) in [5.74, 6) is -4.37. The van der Waals surface area contributed by atoms with Gasteiger partial charge in [0.2, 0.25) is 0 Å². The first kappa shape index (κ1) is 15.7. The van der Waals surface area contributed by atoms with Crippen LogP contribution < -0.4 is 39.8 Å². The van der Waals surface area contributed by atoms with E-state index < -0.39 is 11.9 Å². The van der Waals surface area contributed by atoms with Gasteiger partial charge in [-0.2, -0.15) is 0 Å². The van der Waals surface area contributed by atoms with Crippen LogP contribution in [-0.4, -0.2) is 22.9 Å². The third-order valence-electron chi connectivity index (χ3n) is 0.167. The van der Waals surface area contributed by atoms with E-state index in [9.17, 15) is 0 Å². The number of carbonyl (C=O) groups excluding carboxylic acids is 2. The topological polar surface area (TPSA) is 80.3 Å². The molecule has 0 aromatic rings. The zero-order valence-corrected chi connectivity index (χ0v) is 7.13. The number of carboxylic acids is 2. The number of rotatable bonds is 0. The third-order valence-corrected chi connectivity index (χ3v) is 0.167. The minimum Gasteiger partial charge on any atom is -0.543 e. The van der Waals surface area contributed by atoms with Crippen molar-refractivity contribution in [2.75, 3.05) is 0 Å². The van der Waals surface area contributed by atoms with Gasteiger partial charge < -0.3 is 19.8 Å². The molecule has 0 bridgehead atoms. The van der Waals surface area contributed by atoms with Crippen molar-refractivity contribution in [2.45, 2.75) is 0 Å². The average Bonchev–Trinajstić information content (AvgIpc) is 1.36. The molecule has 4 nitrogen and oxygen atoms in total. The summed E-state index contributed by atoms with van der Waals surface area (Å²) in [6, 6.07) is 0. The Morgan fingerprint density at radius 3 is 1.12 bits per heavy atom. The van der Waals surface area contributed by atoms with E-state index in [1.165, 1.54) is 0 Å². The van der Waals surface area contributed by atoms with E-state index in [1.807, 2.05) is 0 Å². The number of carboxylic acid groups (broad SMARTS) is 2. The standard InChI is InChI=1S/C2H2O4.Na.Si/c3-1(4)2(5)6;;/h(H,3,4)(H,5,6);;/q;+1;+4/p-2. The van der Waals surface area contributed by atoms with Crippen LogP contribution in [0.25, 0.3) is 0 Å². The van der Waals surface area contributed by atoms with Gasteiger partial charge in [0.15, 0.2) is 0 Å². The Morgan fingerprint density at radius 2 is 1.12 bits per heavy atom. The van der Waals surface area contributed by atoms with Gasteiger partial charge in [0, 0.05) is 0 Å². The van der Waals surface area contributed by atoms with Crippen molar-refractivity contribution in [2.24, 2.45) is 0 Å². The fourth-order valence-electron chi connectivity index (χ4n) is 0. The molecule has 0 radical (unpaired) electrons. The van der Waals surface area contributed by atoms with Gasteiger partial charge in [-0.15, -0.1) is 0 Å². The van der Waals surface area contributed by atoms with Crippen LogP contribution in [0.2, 0.25) is 0 Å². The molecule has 0 aliphatic rings. The largest absolute Gasteiger partial charge is 4.00 e. The Bertz CT molecular complexity index is 80.0. The first-order valence-electron chi connectivity index (χ1n) is 1.07. The molecule has 34 valence electrons. The van der Waals surface area contributed by atoms with E-state index in [0.29, 0.717) is 0 Å². The van der Waals surface area contributed by atoms with Gasteiger partial charge in [-0.25, -0.2) is 0 Å². The second-order valence-electron chi connectivity index (χ2n) is 0.575. The summed E-state index contributed by atoms with van der Waals surface area (Å²) in [6.45, 7) is 0. The van der Waals surface area contributed by atoms with Crippen LogP contribution in [0.4, 0.5) is 0 Å². The molecule has 0 spiro atoms. The summed E-state index contributed by atoms with van der Waals surface area (Å²) in [7, 11) is 0. The molecule has 6 heteroatoms. The zero-order chi connectivity index (χ0) is 5.15. The number of carbonyl (C=O) groups is 2. The zero-order valence-electron chi connectivity index (χ0n) is 4.13. The van der Waals surface area contributed by atoms with Gasteiger partial charge in [-0.3, -0.25) is 0 Å². The molecule has 0 aromatic heterocycles. The van der Waals surface area contributed by atoms with Crippen LogP contribution in [0.1, 0.15) is 0 Å². The summed E-state index contributed by atoms with van der Waals surface area (Å²) in [5.41, 5.74) is 0. The van der Waals surface area contributed by atoms with Crippen LogP contribution in [0.3, 0.4) is 0 Å². The van der Waals surface area contributed by atoms with E-state index >= 15 is 0 Å². The Morgan fingerprint density at radius 1 is 1.00 bits per heavy atom. The summed E-state index contributed by atoms with van der Waals surface area (Å²) < 4.78 is 0. The second kappa shape index (κ2) is 7.16. The SMILES string of the molecule is O=C([O-])C(=O)[O-].[Na+].[Si+4]. The molecule has 0 N–H and O–H groups in total. The molecular weight excluding hydrogens is 139 g/mol. The fraction of sp³-hybridized carbons (Fsp3) is 0. The molecule has 0 aromatic carbocycles. The number of hydrogen-bond acceptors (Lipinski definition) is 4. The van der Waals surface area contributed by atoms with E-state index in [0.717, 1.165) is 0 Å². The molecule has 0 aliphatic carbocycles. The fourth-order valence-corrected chi connectivity index (χ4v) is 0. The molecule has 0 amide bonds. The van der Waals surface area contributed by atoms with Crippen molar-refractivity contribution in [3.63, 3.8) is 0 Å². The van der Waals surface area contributed by atoms with E-state index in [4.69, 9.17) is 19.8 Å². The van der Waals surface area contributed by atoms with Crippen LogP contribution in [0.5, 0.6) is 0 Å². The Labute approximate surface area is 72.2 Å². The molecule has 0 heterocycles. The van der Waals surface area contributed by atoms with Crippen molar-refractivity contribution in [1.82, 2.24) is 0 Å². The monoisotopic (exact) mass is 139 g/mol. The van der Waals surface area contributed by atoms with Gasteiger partial charge in [0.05, 0.1) is 11.9 Å². The molecule has 0 rings (SSSR count). The van der Waals surface area contributed by atoms with Crippen molar-refractivity contribution in [1.29, 1.82) is 0 Å². The Hall–Kier alpha value is 0.157. The quantitative estimate of drug-likeness (QED) is 0.247. The van der Waals surface area contributed by atoms with Crippen molar-refractivity contribution >= 4 is 22.9 Å². The van der Waals surface area contributed by atoms with Gasteiger partial charge in [-0.05, 0) is 0 Å². The van der Waals surface area contributed by atoms with Gasteiger partial charge in [0.25, 0.3) is 0 Å². The maximum absolute atomic E-state index is 8.93. The molecule has 8 heavy (non-hydrogen) atoms. The smallest absolute Gasteiger partial charge is 0.543 e. The van der Waals surface area contributed by atoms with Crippen LogP contribution >= 0.6 is 0 Å². The van der Waals surface area contributed by atoms with Crippen molar-refractivity contribution in [3.8, 4) is 0 Å². The Kier molecular flexibility index (Phi) is 14.1. The molecular formula is C2NaO4Si+3. The van der Waals surface area contributed by atoms with Gasteiger partial charge in [0.1, 0.15) is 0 Å². The minimum absolute atomic E-state index is 0. The third kappa shape index (κ3) is 9.48. The molecule has 0 aliphatic heterocycles. The number of aliphatic carboxylic acids is 2. The predicted octanol–water partition coefficient (Wildman–Crippen LogP) is -6.89. The summed E-state index contributed by atoms with van der Waals surface area (Å²) in [5, 5.41) is 17.9. The molecule has 0 unspecified atom stereocenters. The Balaban J connectivity index is -0.000000125. The van der Waals surface area contributed by atoms with Gasteiger partial charge in [-0.1, -0.05) is 0 Å². The molecule has 0 fully saturated rings. The normalized spacial score (nSPS) is 5.50. The molecule has 0 atom stereocenters. The summed E-state index contributed by atoms with van der Waals surface area (Å²) in [4.78, 5) is 17.9. The van der Waals surface area contributed by atoms with E-state index in [2.05, 4.69) is 0 Å². The maximum Gasteiger partial charge on any atom is 4.00 e. The van der Waals surface area contributed by atoms with Crippen LogP contribution in [0, 0.1) is 0 Å². The van der Waals surface area contributed by atoms with Crippen molar-refractivity contribution < 1.29 is 49.4 Å². The van der Waals surface area contributed by atoms with Crippen LogP contribution in [-0.2, 0) is 9.59 Å². The van der Waals surface area contributed by atoms with Crippen LogP contribution in [0.15, 0.2) is 0 Å². The summed E-state index contributed by atoms with van der Waals surface area (Å²) >= 11 is 0. The first-order chi connectivity index (χ1) is 2.64. The first-order valence-corrected chi connectivity index (χ1v) is 1.07. The summed E-state index contributed by atoms with van der Waals surface area (Å²) in [6.07, 6.45) is 0. The van der Waals surface area contributed by atoms with Gasteiger partial charge >= 0.3 is 40.5 Å². The molecule has 0 saturated carbocycles. The minimum atomic E-state index is -2.19. The van der Waals surface area contributed by atoms with E-state index in [1.54, 1.807) is 0 Å². The maximum atomic E-state index is 8.93. The molecule has 0 saturated heterocycles.